The number of hydrogen-bond donors (Lipinski definition) is 1. The van der Waals surface area contributed by atoms with Gasteiger partial charge in [0, 0.05) is 11.8 Å². The number of fused-ring (bicyclic) bond motifs is 3. The lowest BCUT2D eigenvalue weighted by molar-refractivity contribution is 0.194. The maximum absolute atomic E-state index is 14.1. The third-order valence-electron chi connectivity index (χ3n) is 7.07. The summed E-state index contributed by atoms with van der Waals surface area (Å²) < 4.78 is 4.14. The summed E-state index contributed by atoms with van der Waals surface area (Å²) in [5.74, 6) is 0.940. The van der Waals surface area contributed by atoms with Crippen molar-refractivity contribution in [2.75, 3.05) is 5.32 Å². The molecule has 0 radical (unpaired) electrons. The Balaban J connectivity index is 1.54. The van der Waals surface area contributed by atoms with Gasteiger partial charge in [-0.2, -0.15) is 5.10 Å². The van der Waals surface area contributed by atoms with Crippen LogP contribution in [-0.4, -0.2) is 25.3 Å². The molecule has 1 aliphatic rings. The molecule has 3 heterocycles. The lowest BCUT2D eigenvalue weighted by Gasteiger charge is -2.31. The normalized spacial score (nSPS) is 14.5. The van der Waals surface area contributed by atoms with E-state index in [2.05, 4.69) is 47.3 Å². The molecule has 0 fully saturated rings. The van der Waals surface area contributed by atoms with Gasteiger partial charge in [-0.05, 0) is 68.3 Å². The van der Waals surface area contributed by atoms with E-state index >= 15 is 0 Å². The SMILES string of the molecule is Cc1cccc(C2c3cccn3-c3c(c(C)nn3-c3ccccc3)CN2C(=O)Nc2ccc(C)cc2Cl)c1. The molecule has 0 saturated heterocycles. The second-order valence-corrected chi connectivity index (χ2v) is 10.2. The van der Waals surface area contributed by atoms with Gasteiger partial charge in [-0.15, -0.1) is 0 Å². The first-order valence-corrected chi connectivity index (χ1v) is 13.0. The molecule has 190 valence electrons. The zero-order valence-corrected chi connectivity index (χ0v) is 22.3. The number of rotatable bonds is 3. The highest BCUT2D eigenvalue weighted by Crippen LogP contribution is 2.39. The molecular formula is C31H28ClN5O. The Morgan fingerprint density at radius 1 is 0.921 bits per heavy atom. The van der Waals surface area contributed by atoms with Crippen molar-refractivity contribution in [3.8, 4) is 11.5 Å². The monoisotopic (exact) mass is 521 g/mol. The minimum atomic E-state index is -0.329. The van der Waals surface area contributed by atoms with E-state index in [1.807, 2.05) is 84.1 Å². The van der Waals surface area contributed by atoms with Crippen molar-refractivity contribution in [1.29, 1.82) is 0 Å². The van der Waals surface area contributed by atoms with Crippen LogP contribution in [0.5, 0.6) is 0 Å². The number of nitrogens with zero attached hydrogens (tertiary/aromatic N) is 4. The predicted octanol–water partition coefficient (Wildman–Crippen LogP) is 7.38. The van der Waals surface area contributed by atoms with Crippen LogP contribution < -0.4 is 5.32 Å². The van der Waals surface area contributed by atoms with Gasteiger partial charge in [-0.3, -0.25) is 0 Å². The number of aromatic nitrogens is 3. The van der Waals surface area contributed by atoms with Crippen LogP contribution in [0.2, 0.25) is 5.02 Å². The molecule has 1 aliphatic heterocycles. The Hall–Kier alpha value is -4.29. The smallest absolute Gasteiger partial charge is 0.307 e. The minimum absolute atomic E-state index is 0.227. The molecule has 1 N–H and O–H groups in total. The summed E-state index contributed by atoms with van der Waals surface area (Å²) >= 11 is 6.51. The molecule has 1 unspecified atom stereocenters. The predicted molar refractivity (Wildman–Crippen MR) is 151 cm³/mol. The van der Waals surface area contributed by atoms with Crippen molar-refractivity contribution in [3.63, 3.8) is 0 Å². The third kappa shape index (κ3) is 4.17. The van der Waals surface area contributed by atoms with E-state index < -0.39 is 0 Å². The van der Waals surface area contributed by atoms with Crippen LogP contribution in [0.4, 0.5) is 10.5 Å². The van der Waals surface area contributed by atoms with Gasteiger partial charge in [0.05, 0.1) is 40.4 Å². The minimum Gasteiger partial charge on any atom is -0.307 e. The molecule has 0 aliphatic carbocycles. The second-order valence-electron chi connectivity index (χ2n) is 9.80. The molecule has 38 heavy (non-hydrogen) atoms. The molecule has 5 aromatic rings. The van der Waals surface area contributed by atoms with Crippen molar-refractivity contribution in [2.45, 2.75) is 33.4 Å². The molecule has 0 bridgehead atoms. The van der Waals surface area contributed by atoms with Gasteiger partial charge >= 0.3 is 6.03 Å². The van der Waals surface area contributed by atoms with E-state index in [0.29, 0.717) is 17.3 Å². The van der Waals surface area contributed by atoms with Crippen LogP contribution in [-0.2, 0) is 6.54 Å². The molecule has 0 saturated carbocycles. The summed E-state index contributed by atoms with van der Waals surface area (Å²) in [5, 5.41) is 8.50. The summed E-state index contributed by atoms with van der Waals surface area (Å²) in [4.78, 5) is 16.0. The van der Waals surface area contributed by atoms with Crippen LogP contribution in [0.25, 0.3) is 11.5 Å². The molecule has 7 heteroatoms. The van der Waals surface area contributed by atoms with Crippen molar-refractivity contribution in [3.05, 3.63) is 130 Å². The maximum Gasteiger partial charge on any atom is 0.323 e. The van der Waals surface area contributed by atoms with Crippen molar-refractivity contribution < 1.29 is 4.79 Å². The first kappa shape index (κ1) is 24.1. The highest BCUT2D eigenvalue weighted by Gasteiger charge is 2.36. The molecule has 6 nitrogen and oxygen atoms in total. The zero-order chi connectivity index (χ0) is 26.4. The van der Waals surface area contributed by atoms with Crippen LogP contribution in [0, 0.1) is 20.8 Å². The lowest BCUT2D eigenvalue weighted by atomic mass is 10.00. The second kappa shape index (κ2) is 9.54. The van der Waals surface area contributed by atoms with Crippen molar-refractivity contribution in [1.82, 2.24) is 19.2 Å². The number of benzene rings is 3. The summed E-state index contributed by atoms with van der Waals surface area (Å²) in [6.07, 6.45) is 2.05. The summed E-state index contributed by atoms with van der Waals surface area (Å²) in [6.45, 7) is 6.43. The van der Waals surface area contributed by atoms with E-state index in [4.69, 9.17) is 16.7 Å². The van der Waals surface area contributed by atoms with E-state index in [9.17, 15) is 4.79 Å². The fraction of sp³-hybridized carbons (Fsp3) is 0.161. The van der Waals surface area contributed by atoms with E-state index in [1.54, 1.807) is 0 Å². The van der Waals surface area contributed by atoms with E-state index in [-0.39, 0.29) is 12.1 Å². The molecule has 6 rings (SSSR count). The Labute approximate surface area is 227 Å². The number of para-hydroxylation sites is 1. The number of urea groups is 1. The number of carbonyl (C=O) groups is 1. The Morgan fingerprint density at radius 2 is 1.71 bits per heavy atom. The number of hydrogen-bond acceptors (Lipinski definition) is 2. The van der Waals surface area contributed by atoms with E-state index in [0.717, 1.165) is 45.1 Å². The Kier molecular flexibility index (Phi) is 6.04. The van der Waals surface area contributed by atoms with Gasteiger partial charge in [-0.1, -0.05) is 65.7 Å². The maximum atomic E-state index is 14.1. The highest BCUT2D eigenvalue weighted by atomic mass is 35.5. The molecular weight excluding hydrogens is 494 g/mol. The van der Waals surface area contributed by atoms with E-state index in [1.165, 1.54) is 0 Å². The van der Waals surface area contributed by atoms with Gasteiger partial charge in [-0.25, -0.2) is 9.48 Å². The average Bonchev–Trinajstić information content (AvgIpc) is 3.46. The van der Waals surface area contributed by atoms with Crippen LogP contribution in [0.15, 0.2) is 91.1 Å². The van der Waals surface area contributed by atoms with Crippen molar-refractivity contribution >= 4 is 23.3 Å². The van der Waals surface area contributed by atoms with Gasteiger partial charge in [0.1, 0.15) is 5.82 Å². The van der Waals surface area contributed by atoms with Crippen molar-refractivity contribution in [2.24, 2.45) is 0 Å². The number of amides is 2. The zero-order valence-electron chi connectivity index (χ0n) is 21.5. The Bertz CT molecular complexity index is 1650. The number of carbonyl (C=O) groups excluding carboxylic acids is 1. The third-order valence-corrected chi connectivity index (χ3v) is 7.38. The summed E-state index contributed by atoms with van der Waals surface area (Å²) in [7, 11) is 0. The standard InChI is InChI=1S/C31H28ClN5O/c1-20-9-7-10-23(17-20)29-28-13-8-16-35(28)30-25(22(3)34-37(30)24-11-5-4-6-12-24)19-36(29)31(38)33-27-15-14-21(2)18-26(27)32/h4-18,29H,19H2,1-3H3,(H,33,38). The molecule has 3 aromatic carbocycles. The number of nitrogens with one attached hydrogen (secondary N) is 1. The summed E-state index contributed by atoms with van der Waals surface area (Å²) in [6, 6.07) is 27.6. The number of aryl methyl sites for hydroxylation is 3. The molecule has 2 amide bonds. The largest absolute Gasteiger partial charge is 0.323 e. The van der Waals surface area contributed by atoms with Gasteiger partial charge in [0.2, 0.25) is 0 Å². The topological polar surface area (TPSA) is 55.1 Å². The van der Waals surface area contributed by atoms with Crippen LogP contribution >= 0.6 is 11.6 Å². The quantitative estimate of drug-likeness (QED) is 0.269. The molecule has 1 atom stereocenters. The average molecular weight is 522 g/mol. The fourth-order valence-electron chi connectivity index (χ4n) is 5.25. The summed E-state index contributed by atoms with van der Waals surface area (Å²) in [5.41, 5.74) is 7.61. The fourth-order valence-corrected chi connectivity index (χ4v) is 5.53. The number of halogens is 1. The van der Waals surface area contributed by atoms with Gasteiger partial charge < -0.3 is 14.8 Å². The first-order chi connectivity index (χ1) is 18.4. The molecule has 2 aromatic heterocycles. The first-order valence-electron chi connectivity index (χ1n) is 12.6. The lowest BCUT2D eigenvalue weighted by Crippen LogP contribution is -2.38. The highest BCUT2D eigenvalue weighted by molar-refractivity contribution is 6.33. The van der Waals surface area contributed by atoms with Crippen LogP contribution in [0.1, 0.15) is 39.7 Å². The van der Waals surface area contributed by atoms with Crippen LogP contribution in [0.3, 0.4) is 0 Å². The molecule has 0 spiro atoms. The van der Waals surface area contributed by atoms with Gasteiger partial charge in [0.25, 0.3) is 0 Å². The Morgan fingerprint density at radius 3 is 2.47 bits per heavy atom. The number of anilines is 1. The van der Waals surface area contributed by atoms with Gasteiger partial charge in [0.15, 0.2) is 0 Å².